The van der Waals surface area contributed by atoms with Crippen LogP contribution in [0, 0.1) is 0 Å². The second kappa shape index (κ2) is 4.72. The Morgan fingerprint density at radius 1 is 1.25 bits per heavy atom. The van der Waals surface area contributed by atoms with Gasteiger partial charge in [0.25, 0.3) is 5.56 Å². The average molecular weight is 215 g/mol. The molecular formula is C12H13N3O. The Hall–Kier alpha value is -1.94. The largest absolute Gasteiger partial charge is 0.325 e. The zero-order valence-corrected chi connectivity index (χ0v) is 8.84. The Kier molecular flexibility index (Phi) is 3.12. The first-order valence-electron chi connectivity index (χ1n) is 5.09. The van der Waals surface area contributed by atoms with Gasteiger partial charge in [0, 0.05) is 25.0 Å². The molecule has 0 spiro atoms. The van der Waals surface area contributed by atoms with Crippen LogP contribution in [0.25, 0.3) is 0 Å². The summed E-state index contributed by atoms with van der Waals surface area (Å²) in [6.07, 6.45) is 3.47. The fourth-order valence-corrected chi connectivity index (χ4v) is 1.57. The van der Waals surface area contributed by atoms with E-state index in [-0.39, 0.29) is 5.56 Å². The maximum Gasteiger partial charge on any atom is 0.250 e. The summed E-state index contributed by atoms with van der Waals surface area (Å²) in [5.41, 5.74) is 7.39. The lowest BCUT2D eigenvalue weighted by atomic mass is 10.2. The van der Waals surface area contributed by atoms with Crippen molar-refractivity contribution in [1.29, 1.82) is 0 Å². The number of hydrogen-bond acceptors (Lipinski definition) is 3. The number of hydrogen-bond donors (Lipinski definition) is 1. The number of rotatable bonds is 3. The van der Waals surface area contributed by atoms with Gasteiger partial charge >= 0.3 is 0 Å². The summed E-state index contributed by atoms with van der Waals surface area (Å²) in [6, 6.07) is 8.89. The maximum atomic E-state index is 11.5. The molecular weight excluding hydrogens is 202 g/mol. The molecule has 2 aromatic heterocycles. The molecule has 2 heterocycles. The first-order valence-corrected chi connectivity index (χ1v) is 5.09. The molecule has 0 fully saturated rings. The predicted molar refractivity (Wildman–Crippen MR) is 61.9 cm³/mol. The third kappa shape index (κ3) is 2.17. The fourth-order valence-electron chi connectivity index (χ4n) is 1.57. The smallest absolute Gasteiger partial charge is 0.250 e. The molecule has 16 heavy (non-hydrogen) atoms. The molecule has 0 saturated carbocycles. The van der Waals surface area contributed by atoms with Crippen LogP contribution in [-0.4, -0.2) is 9.55 Å². The summed E-state index contributed by atoms with van der Waals surface area (Å²) in [6.45, 7) is 0.901. The Morgan fingerprint density at radius 2 is 2.12 bits per heavy atom. The third-order valence-corrected chi connectivity index (χ3v) is 2.42. The van der Waals surface area contributed by atoms with Crippen LogP contribution in [0.5, 0.6) is 0 Å². The molecule has 0 aliphatic carbocycles. The Bertz CT molecular complexity index is 534. The zero-order valence-electron chi connectivity index (χ0n) is 8.84. The first-order chi connectivity index (χ1) is 7.81. The molecule has 4 nitrogen and oxygen atoms in total. The van der Waals surface area contributed by atoms with E-state index in [9.17, 15) is 4.79 Å². The van der Waals surface area contributed by atoms with Crippen LogP contribution in [0.4, 0.5) is 0 Å². The number of nitrogens with two attached hydrogens (primary N) is 1. The molecule has 0 unspecified atom stereocenters. The molecule has 4 heteroatoms. The van der Waals surface area contributed by atoms with E-state index in [0.717, 1.165) is 11.3 Å². The summed E-state index contributed by atoms with van der Waals surface area (Å²) in [4.78, 5) is 15.7. The van der Waals surface area contributed by atoms with Crippen molar-refractivity contribution in [3.05, 3.63) is 64.3 Å². The van der Waals surface area contributed by atoms with Gasteiger partial charge in [-0.1, -0.05) is 12.1 Å². The lowest BCUT2D eigenvalue weighted by molar-refractivity contribution is 0.742. The molecule has 2 rings (SSSR count). The van der Waals surface area contributed by atoms with Crippen LogP contribution in [0.1, 0.15) is 11.3 Å². The van der Waals surface area contributed by atoms with Crippen LogP contribution < -0.4 is 11.3 Å². The van der Waals surface area contributed by atoms with Crippen molar-refractivity contribution in [3.8, 4) is 0 Å². The number of nitrogens with zero attached hydrogens (tertiary/aromatic N) is 2. The van der Waals surface area contributed by atoms with Crippen LogP contribution >= 0.6 is 0 Å². The highest BCUT2D eigenvalue weighted by Crippen LogP contribution is 2.05. The molecule has 2 N–H and O–H groups in total. The first kappa shape index (κ1) is 10.6. The van der Waals surface area contributed by atoms with Crippen molar-refractivity contribution < 1.29 is 0 Å². The molecule has 0 aliphatic heterocycles. The van der Waals surface area contributed by atoms with E-state index < -0.39 is 0 Å². The summed E-state index contributed by atoms with van der Waals surface area (Å²) in [5, 5.41) is 0. The zero-order chi connectivity index (χ0) is 11.4. The normalized spacial score (nSPS) is 10.3. The van der Waals surface area contributed by atoms with Gasteiger partial charge < -0.3 is 10.3 Å². The minimum Gasteiger partial charge on any atom is -0.325 e. The molecule has 82 valence electrons. The molecule has 0 aliphatic rings. The highest BCUT2D eigenvalue weighted by Gasteiger charge is 2.02. The summed E-state index contributed by atoms with van der Waals surface area (Å²) in [7, 11) is 0. The summed E-state index contributed by atoms with van der Waals surface area (Å²) in [5.74, 6) is 0. The van der Waals surface area contributed by atoms with Gasteiger partial charge in [-0.15, -0.1) is 0 Å². The van der Waals surface area contributed by atoms with Gasteiger partial charge in [0.2, 0.25) is 0 Å². The van der Waals surface area contributed by atoms with E-state index in [0.29, 0.717) is 13.1 Å². The lowest BCUT2D eigenvalue weighted by Crippen LogP contribution is -2.19. The van der Waals surface area contributed by atoms with Gasteiger partial charge in [0.15, 0.2) is 0 Å². The van der Waals surface area contributed by atoms with Crippen LogP contribution in [-0.2, 0) is 13.1 Å². The Balaban J connectivity index is 2.34. The van der Waals surface area contributed by atoms with Crippen LogP contribution in [0.2, 0.25) is 0 Å². The number of pyridine rings is 2. The van der Waals surface area contributed by atoms with Crippen LogP contribution in [0.15, 0.2) is 47.5 Å². The lowest BCUT2D eigenvalue weighted by Gasteiger charge is -2.08. The molecule has 0 bridgehead atoms. The van der Waals surface area contributed by atoms with Crippen molar-refractivity contribution in [2.24, 2.45) is 5.73 Å². The van der Waals surface area contributed by atoms with E-state index in [1.807, 2.05) is 18.2 Å². The Labute approximate surface area is 93.4 Å². The van der Waals surface area contributed by atoms with Crippen LogP contribution in [0.3, 0.4) is 0 Å². The third-order valence-electron chi connectivity index (χ3n) is 2.42. The van der Waals surface area contributed by atoms with Gasteiger partial charge in [-0.3, -0.25) is 9.78 Å². The van der Waals surface area contributed by atoms with Crippen molar-refractivity contribution in [3.63, 3.8) is 0 Å². The van der Waals surface area contributed by atoms with Crippen molar-refractivity contribution in [2.75, 3.05) is 0 Å². The van der Waals surface area contributed by atoms with E-state index in [2.05, 4.69) is 4.98 Å². The highest BCUT2D eigenvalue weighted by molar-refractivity contribution is 5.20. The van der Waals surface area contributed by atoms with E-state index in [4.69, 9.17) is 5.73 Å². The fraction of sp³-hybridized carbons (Fsp3) is 0.167. The van der Waals surface area contributed by atoms with Gasteiger partial charge in [0.05, 0.1) is 12.2 Å². The van der Waals surface area contributed by atoms with E-state index >= 15 is 0 Å². The van der Waals surface area contributed by atoms with Gasteiger partial charge in [-0.2, -0.15) is 0 Å². The standard InChI is InChI=1S/C12H13N3O/c13-8-11-10(4-3-6-14-11)9-15-7-2-1-5-12(15)16/h1-7H,8-9,13H2. The Morgan fingerprint density at radius 3 is 2.88 bits per heavy atom. The minimum atomic E-state index is -0.0191. The molecule has 0 atom stereocenters. The van der Waals surface area contributed by atoms with E-state index in [1.54, 1.807) is 29.1 Å². The molecule has 0 radical (unpaired) electrons. The predicted octanol–water partition coefficient (Wildman–Crippen LogP) is 0.750. The quantitative estimate of drug-likeness (QED) is 0.821. The number of aromatic nitrogens is 2. The monoisotopic (exact) mass is 215 g/mol. The topological polar surface area (TPSA) is 60.9 Å². The maximum absolute atomic E-state index is 11.5. The average Bonchev–Trinajstić information content (AvgIpc) is 2.33. The van der Waals surface area contributed by atoms with Gasteiger partial charge in [-0.25, -0.2) is 0 Å². The second-order valence-electron chi connectivity index (χ2n) is 3.48. The molecule has 0 amide bonds. The summed E-state index contributed by atoms with van der Waals surface area (Å²) < 4.78 is 1.64. The highest BCUT2D eigenvalue weighted by atomic mass is 16.1. The van der Waals surface area contributed by atoms with Gasteiger partial charge in [0.1, 0.15) is 0 Å². The molecule has 0 saturated heterocycles. The van der Waals surface area contributed by atoms with E-state index in [1.165, 1.54) is 0 Å². The molecule has 2 aromatic rings. The van der Waals surface area contributed by atoms with Gasteiger partial charge in [-0.05, 0) is 17.7 Å². The molecule has 0 aromatic carbocycles. The van der Waals surface area contributed by atoms with Crippen molar-refractivity contribution in [2.45, 2.75) is 13.1 Å². The second-order valence-corrected chi connectivity index (χ2v) is 3.48. The minimum absolute atomic E-state index is 0.0191. The van der Waals surface area contributed by atoms with Crippen molar-refractivity contribution >= 4 is 0 Å². The van der Waals surface area contributed by atoms with Crippen molar-refractivity contribution in [1.82, 2.24) is 9.55 Å². The SMILES string of the molecule is NCc1ncccc1Cn1ccccc1=O. The summed E-state index contributed by atoms with van der Waals surface area (Å²) >= 11 is 0.